The molecule has 5 nitrogen and oxygen atoms in total. The van der Waals surface area contributed by atoms with Crippen molar-refractivity contribution in [1.29, 1.82) is 0 Å². The van der Waals surface area contributed by atoms with Gasteiger partial charge in [0.2, 0.25) is 0 Å². The second kappa shape index (κ2) is 7.25. The number of hydrogen-bond acceptors (Lipinski definition) is 4. The maximum absolute atomic E-state index is 6.35. The molecule has 6 aromatic rings. The van der Waals surface area contributed by atoms with Crippen molar-refractivity contribution in [2.75, 3.05) is 18.6 Å². The van der Waals surface area contributed by atoms with Gasteiger partial charge in [0, 0.05) is 42.0 Å². The van der Waals surface area contributed by atoms with E-state index in [1.807, 2.05) is 24.3 Å². The van der Waals surface area contributed by atoms with Gasteiger partial charge in [-0.2, -0.15) is 0 Å². The summed E-state index contributed by atoms with van der Waals surface area (Å²) in [7, 11) is 2.06. The van der Waals surface area contributed by atoms with Crippen molar-refractivity contribution in [2.24, 2.45) is 0 Å². The lowest BCUT2D eigenvalue weighted by Crippen LogP contribution is -2.21. The fraction of sp³-hybridized carbons (Fsp3) is 0.0690. The van der Waals surface area contributed by atoms with Gasteiger partial charge in [-0.05, 0) is 53.9 Å². The van der Waals surface area contributed by atoms with Crippen LogP contribution in [0.2, 0.25) is 0 Å². The van der Waals surface area contributed by atoms with E-state index in [0.29, 0.717) is 0 Å². The van der Waals surface area contributed by atoms with Crippen LogP contribution in [0.5, 0.6) is 11.5 Å². The van der Waals surface area contributed by atoms with Crippen LogP contribution in [0.25, 0.3) is 38.4 Å². The maximum Gasteiger partial charge on any atom is 0.146 e. The van der Waals surface area contributed by atoms with Crippen molar-refractivity contribution in [3.05, 3.63) is 103 Å². The third-order valence-electron chi connectivity index (χ3n) is 6.49. The van der Waals surface area contributed by atoms with Crippen LogP contribution in [-0.4, -0.2) is 28.0 Å². The summed E-state index contributed by atoms with van der Waals surface area (Å²) in [4.78, 5) is 9.34. The summed E-state index contributed by atoms with van der Waals surface area (Å²) >= 11 is 0. The Morgan fingerprint density at radius 2 is 1.53 bits per heavy atom. The molecular formula is C29H22N4O. The van der Waals surface area contributed by atoms with E-state index in [1.165, 1.54) is 10.8 Å². The highest BCUT2D eigenvalue weighted by atomic mass is 16.5. The van der Waals surface area contributed by atoms with E-state index in [-0.39, 0.29) is 0 Å². The molecule has 4 aromatic carbocycles. The minimum atomic E-state index is 0.794. The molecule has 0 aliphatic carbocycles. The molecule has 0 atom stereocenters. The molecule has 34 heavy (non-hydrogen) atoms. The Labute approximate surface area is 196 Å². The van der Waals surface area contributed by atoms with Crippen molar-refractivity contribution < 1.29 is 4.74 Å². The quantitative estimate of drug-likeness (QED) is 0.283. The van der Waals surface area contributed by atoms with Gasteiger partial charge in [-0.15, -0.1) is 0 Å². The fourth-order valence-corrected chi connectivity index (χ4v) is 4.91. The number of pyridine rings is 1. The van der Waals surface area contributed by atoms with Gasteiger partial charge in [0.1, 0.15) is 17.1 Å². The van der Waals surface area contributed by atoms with Crippen molar-refractivity contribution in [3.8, 4) is 11.5 Å². The Balaban J connectivity index is 1.39. The molecule has 3 heterocycles. The number of ether oxygens (including phenoxy) is 1. The largest absolute Gasteiger partial charge is 0.457 e. The zero-order valence-electron chi connectivity index (χ0n) is 18.7. The summed E-state index contributed by atoms with van der Waals surface area (Å²) in [5.41, 5.74) is 5.30. The van der Waals surface area contributed by atoms with Gasteiger partial charge >= 0.3 is 0 Å². The Hall–Kier alpha value is -4.51. The third-order valence-corrected chi connectivity index (χ3v) is 6.49. The van der Waals surface area contributed by atoms with Gasteiger partial charge in [-0.3, -0.25) is 4.40 Å². The first-order valence-electron chi connectivity index (χ1n) is 11.4. The number of hydrogen-bond donors (Lipinski definition) is 0. The van der Waals surface area contributed by atoms with Crippen LogP contribution < -0.4 is 9.64 Å². The summed E-state index contributed by atoms with van der Waals surface area (Å²) < 4.78 is 8.60. The van der Waals surface area contributed by atoms with Crippen LogP contribution >= 0.6 is 0 Å². The lowest BCUT2D eigenvalue weighted by molar-refractivity contribution is 0.481. The summed E-state index contributed by atoms with van der Waals surface area (Å²) in [5.74, 6) is 1.60. The molecule has 0 spiro atoms. The first kappa shape index (κ1) is 19.0. The zero-order chi connectivity index (χ0) is 22.6. The van der Waals surface area contributed by atoms with E-state index in [2.05, 4.69) is 100 Å². The smallest absolute Gasteiger partial charge is 0.146 e. The molecule has 1 aliphatic rings. The lowest BCUT2D eigenvalue weighted by Gasteiger charge is -2.19. The van der Waals surface area contributed by atoms with E-state index in [4.69, 9.17) is 9.72 Å². The second-order valence-electron chi connectivity index (χ2n) is 8.75. The predicted molar refractivity (Wildman–Crippen MR) is 138 cm³/mol. The first-order chi connectivity index (χ1) is 16.7. The van der Waals surface area contributed by atoms with E-state index >= 15 is 0 Å². The Morgan fingerprint density at radius 1 is 0.706 bits per heavy atom. The Kier molecular flexibility index (Phi) is 4.05. The van der Waals surface area contributed by atoms with Gasteiger partial charge in [-0.1, -0.05) is 36.4 Å². The molecule has 5 heteroatoms. The number of nitrogens with zero attached hydrogens (tertiary/aromatic N) is 4. The highest BCUT2D eigenvalue weighted by molar-refractivity contribution is 6.14. The monoisotopic (exact) mass is 442 g/mol. The summed E-state index contributed by atoms with van der Waals surface area (Å²) in [6.07, 6.45) is 4.15. The Bertz CT molecular complexity index is 1750. The number of rotatable bonds is 3. The average molecular weight is 443 g/mol. The van der Waals surface area contributed by atoms with Gasteiger partial charge < -0.3 is 14.5 Å². The van der Waals surface area contributed by atoms with E-state index in [1.54, 1.807) is 0 Å². The molecule has 2 aromatic heterocycles. The molecular weight excluding hydrogens is 420 g/mol. The molecule has 164 valence electrons. The molecule has 0 amide bonds. The van der Waals surface area contributed by atoms with Crippen LogP contribution in [0.1, 0.15) is 0 Å². The SMILES string of the molecule is CN1C=CN(c2cccc(Oc3ccc4c5ccccc5n5c6ccccc6nc5c4c3)c2)C1. The van der Waals surface area contributed by atoms with Crippen LogP contribution in [0.15, 0.2) is 103 Å². The van der Waals surface area contributed by atoms with Crippen molar-refractivity contribution in [2.45, 2.75) is 0 Å². The number of imidazole rings is 1. The fourth-order valence-electron chi connectivity index (χ4n) is 4.91. The molecule has 0 saturated carbocycles. The molecule has 0 radical (unpaired) electrons. The van der Waals surface area contributed by atoms with Crippen LogP contribution in [0.3, 0.4) is 0 Å². The van der Waals surface area contributed by atoms with E-state index in [0.717, 1.165) is 51.4 Å². The predicted octanol–water partition coefficient (Wildman–Crippen LogP) is 6.77. The normalized spacial score (nSPS) is 13.7. The van der Waals surface area contributed by atoms with Crippen LogP contribution in [0.4, 0.5) is 5.69 Å². The summed E-state index contributed by atoms with van der Waals surface area (Å²) in [6, 6.07) is 31.3. The third kappa shape index (κ3) is 2.90. The highest BCUT2D eigenvalue weighted by Crippen LogP contribution is 2.35. The van der Waals surface area contributed by atoms with Gasteiger partial charge in [-0.25, -0.2) is 4.98 Å². The average Bonchev–Trinajstić information content (AvgIpc) is 3.48. The molecule has 0 fully saturated rings. The van der Waals surface area contributed by atoms with E-state index in [9.17, 15) is 0 Å². The van der Waals surface area contributed by atoms with E-state index < -0.39 is 0 Å². The van der Waals surface area contributed by atoms with Crippen molar-refractivity contribution >= 4 is 44.0 Å². The van der Waals surface area contributed by atoms with Crippen molar-refractivity contribution in [3.63, 3.8) is 0 Å². The number of anilines is 1. The highest BCUT2D eigenvalue weighted by Gasteiger charge is 2.15. The van der Waals surface area contributed by atoms with Gasteiger partial charge in [0.25, 0.3) is 0 Å². The number of fused-ring (bicyclic) bond motifs is 8. The summed E-state index contributed by atoms with van der Waals surface area (Å²) in [6.45, 7) is 0.831. The van der Waals surface area contributed by atoms with Crippen molar-refractivity contribution in [1.82, 2.24) is 14.3 Å². The van der Waals surface area contributed by atoms with Gasteiger partial charge in [0.15, 0.2) is 0 Å². The minimum Gasteiger partial charge on any atom is -0.457 e. The Morgan fingerprint density at radius 3 is 2.41 bits per heavy atom. The molecule has 7 rings (SSSR count). The molecule has 0 unspecified atom stereocenters. The standard InChI is InChI=1S/C29H22N4O/c1-31-15-16-32(19-31)20-7-6-8-21(17-20)34-22-13-14-23-24-9-2-4-11-27(24)33-28-12-5-3-10-26(28)30-29(33)25(23)18-22/h2-18H,19H2,1H3. The topological polar surface area (TPSA) is 33.0 Å². The zero-order valence-corrected chi connectivity index (χ0v) is 18.7. The van der Waals surface area contributed by atoms with Gasteiger partial charge in [0.05, 0.1) is 23.2 Å². The first-order valence-corrected chi connectivity index (χ1v) is 11.4. The van der Waals surface area contributed by atoms with Crippen LogP contribution in [0, 0.1) is 0 Å². The molecule has 0 N–H and O–H groups in total. The molecule has 0 bridgehead atoms. The minimum absolute atomic E-state index is 0.794. The van der Waals surface area contributed by atoms with Crippen LogP contribution in [-0.2, 0) is 0 Å². The second-order valence-corrected chi connectivity index (χ2v) is 8.75. The number of para-hydroxylation sites is 3. The molecule has 1 aliphatic heterocycles. The summed E-state index contributed by atoms with van der Waals surface area (Å²) in [5, 5.41) is 3.45. The molecule has 0 saturated heterocycles. The number of benzene rings is 4. The maximum atomic E-state index is 6.35. The number of aromatic nitrogens is 2. The lowest BCUT2D eigenvalue weighted by atomic mass is 10.1.